The average molecular weight is 312 g/mol. The molecule has 0 aromatic carbocycles. The molecule has 3 heterocycles. The summed E-state index contributed by atoms with van der Waals surface area (Å²) in [6, 6.07) is 0. The number of ether oxygens (including phenoxy) is 1. The van der Waals surface area contributed by atoms with E-state index in [0.29, 0.717) is 0 Å². The third kappa shape index (κ3) is 3.11. The Hall–Kier alpha value is -0.760. The molecule has 1 aliphatic rings. The SMILES string of the molecule is COc1nc2sccn2c1CNCCN1CCSCC1. The Morgan fingerprint density at radius 1 is 1.40 bits per heavy atom. The van der Waals surface area contributed by atoms with E-state index in [1.807, 2.05) is 6.20 Å². The highest BCUT2D eigenvalue weighted by molar-refractivity contribution is 7.99. The molecule has 5 nitrogen and oxygen atoms in total. The fourth-order valence-corrected chi connectivity index (χ4v) is 4.11. The first kappa shape index (κ1) is 14.2. The molecule has 1 fully saturated rings. The van der Waals surface area contributed by atoms with Crippen LogP contribution in [0.1, 0.15) is 5.69 Å². The first-order chi connectivity index (χ1) is 9.88. The van der Waals surface area contributed by atoms with Gasteiger partial charge in [0, 0.05) is 55.8 Å². The Morgan fingerprint density at radius 2 is 2.25 bits per heavy atom. The largest absolute Gasteiger partial charge is 0.480 e. The Morgan fingerprint density at radius 3 is 3.05 bits per heavy atom. The molecule has 0 atom stereocenters. The zero-order valence-electron chi connectivity index (χ0n) is 11.7. The van der Waals surface area contributed by atoms with Gasteiger partial charge in [0.1, 0.15) is 5.69 Å². The van der Waals surface area contributed by atoms with Gasteiger partial charge >= 0.3 is 0 Å². The minimum Gasteiger partial charge on any atom is -0.480 e. The Kier molecular flexibility index (Phi) is 4.82. The van der Waals surface area contributed by atoms with Gasteiger partial charge in [-0.25, -0.2) is 0 Å². The van der Waals surface area contributed by atoms with E-state index < -0.39 is 0 Å². The highest BCUT2D eigenvalue weighted by Gasteiger charge is 2.13. The molecule has 0 spiro atoms. The van der Waals surface area contributed by atoms with Crippen LogP contribution in [0.3, 0.4) is 0 Å². The van der Waals surface area contributed by atoms with Crippen LogP contribution in [0.25, 0.3) is 4.96 Å². The van der Waals surface area contributed by atoms with Crippen LogP contribution in [-0.2, 0) is 6.54 Å². The molecule has 0 bridgehead atoms. The van der Waals surface area contributed by atoms with Gasteiger partial charge in [-0.2, -0.15) is 16.7 Å². The quantitative estimate of drug-likeness (QED) is 0.820. The zero-order chi connectivity index (χ0) is 13.8. The molecule has 1 aliphatic heterocycles. The summed E-state index contributed by atoms with van der Waals surface area (Å²) in [5, 5.41) is 5.56. The van der Waals surface area contributed by atoms with Crippen LogP contribution in [0.2, 0.25) is 0 Å². The van der Waals surface area contributed by atoms with E-state index in [4.69, 9.17) is 4.74 Å². The van der Waals surface area contributed by atoms with Crippen LogP contribution in [0, 0.1) is 0 Å². The van der Waals surface area contributed by atoms with Gasteiger partial charge in [-0.15, -0.1) is 11.3 Å². The monoisotopic (exact) mass is 312 g/mol. The Bertz CT molecular complexity index is 548. The molecule has 0 amide bonds. The number of nitrogens with zero attached hydrogens (tertiary/aromatic N) is 3. The molecule has 0 unspecified atom stereocenters. The van der Waals surface area contributed by atoms with Crippen molar-refractivity contribution in [2.45, 2.75) is 6.54 Å². The highest BCUT2D eigenvalue weighted by atomic mass is 32.2. The number of methoxy groups -OCH3 is 1. The zero-order valence-corrected chi connectivity index (χ0v) is 13.3. The summed E-state index contributed by atoms with van der Waals surface area (Å²) >= 11 is 3.69. The molecule has 1 N–H and O–H groups in total. The number of fused-ring (bicyclic) bond motifs is 1. The molecule has 2 aromatic rings. The van der Waals surface area contributed by atoms with E-state index in [2.05, 4.69) is 36.7 Å². The average Bonchev–Trinajstić information content (AvgIpc) is 3.06. The standard InChI is InChI=1S/C13H20N4OS2/c1-18-12-11(17-6-9-20-13(17)15-12)10-14-2-3-16-4-7-19-8-5-16/h6,9,14H,2-5,7-8,10H2,1H3. The molecule has 110 valence electrons. The summed E-state index contributed by atoms with van der Waals surface area (Å²) in [5.41, 5.74) is 1.11. The van der Waals surface area contributed by atoms with Crippen LogP contribution >= 0.6 is 23.1 Å². The lowest BCUT2D eigenvalue weighted by atomic mass is 10.4. The molecule has 2 aromatic heterocycles. The Labute approximate surface area is 127 Å². The fraction of sp³-hybridized carbons (Fsp3) is 0.615. The Balaban J connectivity index is 1.52. The second-order valence-corrected chi connectivity index (χ2v) is 6.85. The molecule has 0 saturated carbocycles. The van der Waals surface area contributed by atoms with E-state index in [-0.39, 0.29) is 0 Å². The van der Waals surface area contributed by atoms with Gasteiger partial charge in [0.15, 0.2) is 4.96 Å². The summed E-state index contributed by atoms with van der Waals surface area (Å²) in [6.45, 7) is 5.36. The van der Waals surface area contributed by atoms with Crippen molar-refractivity contribution in [3.63, 3.8) is 0 Å². The third-order valence-corrected chi connectivity index (χ3v) is 5.22. The number of hydrogen-bond donors (Lipinski definition) is 1. The summed E-state index contributed by atoms with van der Waals surface area (Å²) < 4.78 is 7.46. The minimum atomic E-state index is 0.735. The van der Waals surface area contributed by atoms with Crippen molar-refractivity contribution in [2.75, 3.05) is 44.8 Å². The van der Waals surface area contributed by atoms with Gasteiger partial charge in [-0.05, 0) is 0 Å². The van der Waals surface area contributed by atoms with Gasteiger partial charge in [-0.1, -0.05) is 0 Å². The smallest absolute Gasteiger partial charge is 0.237 e. The number of rotatable bonds is 6. The van der Waals surface area contributed by atoms with E-state index in [9.17, 15) is 0 Å². The molecule has 0 aliphatic carbocycles. The molecule has 7 heteroatoms. The lowest BCUT2D eigenvalue weighted by molar-refractivity contribution is 0.300. The van der Waals surface area contributed by atoms with Crippen LogP contribution in [0.4, 0.5) is 0 Å². The minimum absolute atomic E-state index is 0.735. The van der Waals surface area contributed by atoms with E-state index in [1.54, 1.807) is 18.4 Å². The second kappa shape index (κ2) is 6.80. The maximum atomic E-state index is 5.36. The molecule has 0 radical (unpaired) electrons. The lowest BCUT2D eigenvalue weighted by Gasteiger charge is -2.26. The van der Waals surface area contributed by atoms with Gasteiger partial charge < -0.3 is 15.0 Å². The van der Waals surface area contributed by atoms with Crippen LogP contribution in [0.5, 0.6) is 5.88 Å². The van der Waals surface area contributed by atoms with E-state index in [0.717, 1.165) is 36.2 Å². The van der Waals surface area contributed by atoms with Gasteiger partial charge in [-0.3, -0.25) is 4.40 Å². The van der Waals surface area contributed by atoms with Gasteiger partial charge in [0.25, 0.3) is 0 Å². The lowest BCUT2D eigenvalue weighted by Crippen LogP contribution is -2.37. The van der Waals surface area contributed by atoms with Crippen LogP contribution in [0.15, 0.2) is 11.6 Å². The number of thiazole rings is 1. The maximum Gasteiger partial charge on any atom is 0.237 e. The number of aromatic nitrogens is 2. The number of hydrogen-bond acceptors (Lipinski definition) is 6. The molecule has 1 saturated heterocycles. The number of nitrogens with one attached hydrogen (secondary N) is 1. The van der Waals surface area contributed by atoms with Crippen molar-refractivity contribution in [1.82, 2.24) is 19.6 Å². The first-order valence-electron chi connectivity index (χ1n) is 6.87. The normalized spacial score (nSPS) is 16.9. The predicted octanol–water partition coefficient (Wildman–Crippen LogP) is 1.54. The van der Waals surface area contributed by atoms with E-state index in [1.165, 1.54) is 24.6 Å². The van der Waals surface area contributed by atoms with Gasteiger partial charge in [0.2, 0.25) is 5.88 Å². The molecular weight excluding hydrogens is 292 g/mol. The summed E-state index contributed by atoms with van der Waals surface area (Å²) in [5.74, 6) is 3.27. The van der Waals surface area contributed by atoms with E-state index >= 15 is 0 Å². The topological polar surface area (TPSA) is 41.8 Å². The summed E-state index contributed by atoms with van der Waals surface area (Å²) in [4.78, 5) is 7.98. The van der Waals surface area contributed by atoms with Crippen LogP contribution < -0.4 is 10.1 Å². The summed E-state index contributed by atoms with van der Waals surface area (Å²) in [7, 11) is 1.68. The third-order valence-electron chi connectivity index (χ3n) is 3.52. The number of imidazole rings is 1. The first-order valence-corrected chi connectivity index (χ1v) is 8.91. The molecular formula is C13H20N4OS2. The van der Waals surface area contributed by atoms with Crippen molar-refractivity contribution in [3.05, 3.63) is 17.3 Å². The fourth-order valence-electron chi connectivity index (χ4n) is 2.41. The number of thioether (sulfide) groups is 1. The summed E-state index contributed by atoms with van der Waals surface area (Å²) in [6.07, 6.45) is 2.05. The van der Waals surface area contributed by atoms with Crippen molar-refractivity contribution in [3.8, 4) is 5.88 Å². The van der Waals surface area contributed by atoms with Crippen molar-refractivity contribution >= 4 is 28.1 Å². The molecule has 20 heavy (non-hydrogen) atoms. The van der Waals surface area contributed by atoms with Crippen LogP contribution in [-0.4, -0.2) is 59.1 Å². The van der Waals surface area contributed by atoms with Crippen molar-refractivity contribution < 1.29 is 4.74 Å². The maximum absolute atomic E-state index is 5.36. The highest BCUT2D eigenvalue weighted by Crippen LogP contribution is 2.22. The van der Waals surface area contributed by atoms with Crippen molar-refractivity contribution in [2.24, 2.45) is 0 Å². The second-order valence-electron chi connectivity index (χ2n) is 4.75. The molecule has 3 rings (SSSR count). The predicted molar refractivity (Wildman–Crippen MR) is 85.1 cm³/mol. The van der Waals surface area contributed by atoms with Crippen molar-refractivity contribution in [1.29, 1.82) is 0 Å². The van der Waals surface area contributed by atoms with Gasteiger partial charge in [0.05, 0.1) is 7.11 Å².